The van der Waals surface area contributed by atoms with Gasteiger partial charge in [-0.25, -0.2) is 4.98 Å². The lowest BCUT2D eigenvalue weighted by molar-refractivity contribution is 0.267. The quantitative estimate of drug-likeness (QED) is 0.417. The van der Waals surface area contributed by atoms with Gasteiger partial charge in [-0.15, -0.1) is 11.3 Å². The normalized spacial score (nSPS) is 18.6. The highest BCUT2D eigenvalue weighted by atomic mass is 32.2. The molecule has 8 nitrogen and oxygen atoms in total. The van der Waals surface area contributed by atoms with Crippen LogP contribution in [0.15, 0.2) is 17.3 Å². The van der Waals surface area contributed by atoms with Crippen LogP contribution in [0.1, 0.15) is 28.0 Å². The molecular weight excluding hydrogens is 430 g/mol. The number of fused-ring (bicyclic) bond motifs is 2. The molecule has 0 atom stereocenters. The Balaban J connectivity index is 1.45. The summed E-state index contributed by atoms with van der Waals surface area (Å²) < 4.78 is 5.80. The van der Waals surface area contributed by atoms with Crippen LogP contribution in [0.2, 0.25) is 0 Å². The summed E-state index contributed by atoms with van der Waals surface area (Å²) in [5.41, 5.74) is 7.19. The summed E-state index contributed by atoms with van der Waals surface area (Å²) in [6.45, 7) is 1.44. The first kappa shape index (κ1) is 19.7. The number of nitrogen functional groups attached to an aromatic ring is 1. The molecule has 1 spiro atoms. The minimum atomic E-state index is -0.703. The molecule has 0 amide bonds. The predicted octanol–water partition coefficient (Wildman–Crippen LogP) is 2.75. The number of hydrogen-bond acceptors (Lipinski definition) is 10. The third-order valence-electron chi connectivity index (χ3n) is 6.12. The first-order valence-corrected chi connectivity index (χ1v) is 11.7. The minimum absolute atomic E-state index is 0.120. The Morgan fingerprint density at radius 3 is 2.58 bits per heavy atom. The molecule has 2 aromatic heterocycles. The fourth-order valence-corrected chi connectivity index (χ4v) is 5.89. The van der Waals surface area contributed by atoms with Crippen molar-refractivity contribution in [1.82, 2.24) is 9.97 Å². The van der Waals surface area contributed by atoms with Crippen LogP contribution in [-0.2, 0) is 11.8 Å². The Kier molecular flexibility index (Phi) is 4.37. The van der Waals surface area contributed by atoms with Gasteiger partial charge in [0.05, 0.1) is 11.6 Å². The van der Waals surface area contributed by atoms with E-state index >= 15 is 0 Å². The van der Waals surface area contributed by atoms with Crippen molar-refractivity contribution in [3.8, 4) is 24.1 Å². The molecule has 2 aliphatic carbocycles. The van der Waals surface area contributed by atoms with E-state index in [9.17, 15) is 15.8 Å². The van der Waals surface area contributed by atoms with E-state index in [-0.39, 0.29) is 23.5 Å². The van der Waals surface area contributed by atoms with E-state index in [1.807, 2.05) is 11.2 Å². The predicted molar refractivity (Wildman–Crippen MR) is 117 cm³/mol. The number of thiophene rings is 1. The van der Waals surface area contributed by atoms with Crippen molar-refractivity contribution < 1.29 is 4.74 Å². The molecule has 0 unspecified atom stereocenters. The van der Waals surface area contributed by atoms with Gasteiger partial charge in [0.2, 0.25) is 5.88 Å². The summed E-state index contributed by atoms with van der Waals surface area (Å²) in [4.78, 5) is 12.2. The molecule has 1 aliphatic heterocycles. The highest BCUT2D eigenvalue weighted by Crippen LogP contribution is 2.52. The maximum absolute atomic E-state index is 9.85. The van der Waals surface area contributed by atoms with Crippen LogP contribution in [-0.4, -0.2) is 35.9 Å². The molecule has 2 N–H and O–H groups in total. The van der Waals surface area contributed by atoms with Crippen molar-refractivity contribution in [1.29, 1.82) is 15.8 Å². The van der Waals surface area contributed by atoms with Crippen LogP contribution in [0.3, 0.4) is 0 Å². The number of aromatic nitrogens is 2. The zero-order valence-electron chi connectivity index (χ0n) is 16.7. The zero-order valence-corrected chi connectivity index (χ0v) is 18.3. The number of nitrogens with zero attached hydrogens (tertiary/aromatic N) is 6. The summed E-state index contributed by atoms with van der Waals surface area (Å²) >= 11 is 2.88. The highest BCUT2D eigenvalue weighted by molar-refractivity contribution is 7.98. The summed E-state index contributed by atoms with van der Waals surface area (Å²) in [5, 5.41) is 29.8. The van der Waals surface area contributed by atoms with Crippen LogP contribution in [0, 0.1) is 39.4 Å². The summed E-state index contributed by atoms with van der Waals surface area (Å²) in [6.07, 6.45) is 7.28. The molecule has 3 heterocycles. The molecule has 0 saturated carbocycles. The molecule has 0 bridgehead atoms. The molecule has 154 valence electrons. The van der Waals surface area contributed by atoms with E-state index < -0.39 is 5.41 Å². The SMILES string of the molecule is CSc1nc(OCC2(C#N)C=C2)c(C#N)c(N2CC3(CCc4sc(N)c(C#N)c43)C2)n1. The van der Waals surface area contributed by atoms with Gasteiger partial charge in [-0.2, -0.15) is 20.8 Å². The fourth-order valence-electron chi connectivity index (χ4n) is 4.40. The molecule has 0 radical (unpaired) electrons. The number of rotatable bonds is 5. The fraction of sp³-hybridized carbons (Fsp3) is 0.381. The maximum atomic E-state index is 9.85. The van der Waals surface area contributed by atoms with Gasteiger partial charge in [0, 0.05) is 23.4 Å². The van der Waals surface area contributed by atoms with Gasteiger partial charge < -0.3 is 15.4 Å². The molecule has 3 aliphatic rings. The van der Waals surface area contributed by atoms with E-state index in [2.05, 4.69) is 28.2 Å². The molecule has 0 aromatic carbocycles. The van der Waals surface area contributed by atoms with E-state index in [1.165, 1.54) is 28.0 Å². The molecule has 1 fully saturated rings. The lowest BCUT2D eigenvalue weighted by atomic mass is 9.74. The van der Waals surface area contributed by atoms with E-state index in [0.29, 0.717) is 34.6 Å². The van der Waals surface area contributed by atoms with Crippen LogP contribution >= 0.6 is 23.1 Å². The van der Waals surface area contributed by atoms with Crippen LogP contribution in [0.4, 0.5) is 10.8 Å². The van der Waals surface area contributed by atoms with E-state index in [1.54, 1.807) is 12.2 Å². The number of nitriles is 3. The summed E-state index contributed by atoms with van der Waals surface area (Å²) in [6, 6.07) is 6.66. The number of hydrogen-bond donors (Lipinski definition) is 1. The van der Waals surface area contributed by atoms with Crippen LogP contribution in [0.5, 0.6) is 5.88 Å². The van der Waals surface area contributed by atoms with Crippen molar-refractivity contribution in [2.75, 3.05) is 36.6 Å². The standard InChI is InChI=1S/C21H17N7OS2/c1-30-19-26-17(13(7-23)18(27-19)29-11-20(8-24)4-5-20)28-9-21(10-28)3-2-14-15(21)12(6-22)16(25)31-14/h4-5H,2-3,9-11,25H2,1H3. The average molecular weight is 448 g/mol. The second-order valence-electron chi connectivity index (χ2n) is 7.99. The molecule has 2 aromatic rings. The van der Waals surface area contributed by atoms with Gasteiger partial charge in [0.15, 0.2) is 16.5 Å². The Morgan fingerprint density at radius 1 is 1.23 bits per heavy atom. The van der Waals surface area contributed by atoms with E-state index in [0.717, 1.165) is 18.4 Å². The highest BCUT2D eigenvalue weighted by Gasteiger charge is 2.52. The monoisotopic (exact) mass is 447 g/mol. The average Bonchev–Trinajstić information content (AvgIpc) is 3.35. The molecular formula is C21H17N7OS2. The molecule has 1 saturated heterocycles. The van der Waals surface area contributed by atoms with Crippen molar-refractivity contribution in [3.63, 3.8) is 0 Å². The Bertz CT molecular complexity index is 1250. The molecule has 10 heteroatoms. The smallest absolute Gasteiger partial charge is 0.238 e. The van der Waals surface area contributed by atoms with Gasteiger partial charge in [0.1, 0.15) is 29.2 Å². The number of anilines is 2. The zero-order chi connectivity index (χ0) is 21.8. The lowest BCUT2D eigenvalue weighted by Gasteiger charge is -2.49. The van der Waals surface area contributed by atoms with Gasteiger partial charge >= 0.3 is 0 Å². The topological polar surface area (TPSA) is 136 Å². The number of thioether (sulfide) groups is 1. The van der Waals surface area contributed by atoms with Crippen molar-refractivity contribution in [3.05, 3.63) is 33.7 Å². The first-order chi connectivity index (χ1) is 15.0. The van der Waals surface area contributed by atoms with Crippen LogP contribution in [0.25, 0.3) is 0 Å². The van der Waals surface area contributed by atoms with E-state index in [4.69, 9.17) is 10.5 Å². The number of aryl methyl sites for hydroxylation is 1. The second-order valence-corrected chi connectivity index (χ2v) is 9.90. The Hall–Kier alpha value is -3.26. The van der Waals surface area contributed by atoms with Gasteiger partial charge in [-0.05, 0) is 24.7 Å². The first-order valence-electron chi connectivity index (χ1n) is 9.65. The number of ether oxygens (including phenoxy) is 1. The maximum Gasteiger partial charge on any atom is 0.238 e. The summed E-state index contributed by atoms with van der Waals surface area (Å²) in [5.74, 6) is 0.734. The Morgan fingerprint density at radius 2 is 1.97 bits per heavy atom. The lowest BCUT2D eigenvalue weighted by Crippen LogP contribution is -2.59. The Labute approximate surface area is 187 Å². The third kappa shape index (κ3) is 2.93. The van der Waals surface area contributed by atoms with Gasteiger partial charge in [-0.1, -0.05) is 23.9 Å². The summed E-state index contributed by atoms with van der Waals surface area (Å²) in [7, 11) is 0. The van der Waals surface area contributed by atoms with Gasteiger partial charge in [-0.3, -0.25) is 0 Å². The minimum Gasteiger partial charge on any atom is -0.474 e. The van der Waals surface area contributed by atoms with Gasteiger partial charge in [0.25, 0.3) is 0 Å². The van der Waals surface area contributed by atoms with Crippen molar-refractivity contribution >= 4 is 33.9 Å². The third-order valence-corrected chi connectivity index (χ3v) is 7.75. The molecule has 31 heavy (non-hydrogen) atoms. The van der Waals surface area contributed by atoms with Crippen LogP contribution < -0.4 is 15.4 Å². The molecule has 5 rings (SSSR count). The van der Waals surface area contributed by atoms with Crippen molar-refractivity contribution in [2.24, 2.45) is 5.41 Å². The van der Waals surface area contributed by atoms with Crippen molar-refractivity contribution in [2.45, 2.75) is 23.4 Å². The second kappa shape index (κ2) is 6.88. The largest absolute Gasteiger partial charge is 0.474 e. The number of nitrogens with two attached hydrogens (primary N) is 1.